The van der Waals surface area contributed by atoms with E-state index in [-0.39, 0.29) is 17.9 Å². The number of nitrogens with zero attached hydrogens (tertiary/aromatic N) is 3. The Morgan fingerprint density at radius 3 is 2.79 bits per heavy atom. The molecule has 1 unspecified atom stereocenters. The molecule has 2 amide bonds. The highest BCUT2D eigenvalue weighted by Gasteiger charge is 2.32. The summed E-state index contributed by atoms with van der Waals surface area (Å²) in [7, 11) is 3.37. The first-order valence-corrected chi connectivity index (χ1v) is 4.53. The van der Waals surface area contributed by atoms with Crippen LogP contribution in [0.2, 0.25) is 0 Å². The summed E-state index contributed by atoms with van der Waals surface area (Å²) in [6.07, 6.45) is 1.65. The molecule has 0 aliphatic carbocycles. The van der Waals surface area contributed by atoms with Crippen LogP contribution in [-0.4, -0.2) is 53.6 Å². The minimum atomic E-state index is -0.255. The lowest BCUT2D eigenvalue weighted by Gasteiger charge is -2.26. The fourth-order valence-corrected chi connectivity index (χ4v) is 1.63. The number of nitrogens with two attached hydrogens (primary N) is 1. The van der Waals surface area contributed by atoms with E-state index < -0.39 is 0 Å². The largest absolute Gasteiger partial charge is 0.409 e. The van der Waals surface area contributed by atoms with E-state index in [2.05, 4.69) is 5.16 Å². The smallest absolute Gasteiger partial charge is 0.320 e. The monoisotopic (exact) mass is 200 g/mol. The molecule has 0 saturated carbocycles. The van der Waals surface area contributed by atoms with E-state index in [4.69, 9.17) is 10.9 Å². The third kappa shape index (κ3) is 1.89. The van der Waals surface area contributed by atoms with Crippen LogP contribution in [-0.2, 0) is 0 Å². The predicted molar refractivity (Wildman–Crippen MR) is 52.2 cm³/mol. The van der Waals surface area contributed by atoms with Gasteiger partial charge in [-0.05, 0) is 12.8 Å². The second-order valence-electron chi connectivity index (χ2n) is 3.55. The highest BCUT2D eigenvalue weighted by Crippen LogP contribution is 2.18. The van der Waals surface area contributed by atoms with E-state index >= 15 is 0 Å². The van der Waals surface area contributed by atoms with Crippen LogP contribution in [0.5, 0.6) is 0 Å². The molecule has 1 saturated heterocycles. The molecule has 1 atom stereocenters. The van der Waals surface area contributed by atoms with Gasteiger partial charge >= 0.3 is 6.03 Å². The number of rotatable bonds is 1. The van der Waals surface area contributed by atoms with Crippen LogP contribution < -0.4 is 5.73 Å². The average Bonchev–Trinajstić information content (AvgIpc) is 2.63. The van der Waals surface area contributed by atoms with E-state index in [0.717, 1.165) is 12.8 Å². The quantitative estimate of drug-likeness (QED) is 0.268. The third-order valence-electron chi connectivity index (χ3n) is 2.34. The predicted octanol–water partition coefficient (Wildman–Crippen LogP) is -0.121. The molecular formula is C8H16N4O2. The lowest BCUT2D eigenvalue weighted by molar-refractivity contribution is 0.174. The van der Waals surface area contributed by atoms with E-state index in [1.165, 1.54) is 4.90 Å². The van der Waals surface area contributed by atoms with Crippen molar-refractivity contribution < 1.29 is 10.0 Å². The van der Waals surface area contributed by atoms with Crippen molar-refractivity contribution >= 4 is 11.9 Å². The molecule has 1 heterocycles. The molecule has 1 fully saturated rings. The lowest BCUT2D eigenvalue weighted by atomic mass is 10.2. The Balaban J connectivity index is 2.74. The lowest BCUT2D eigenvalue weighted by Crippen LogP contribution is -2.47. The van der Waals surface area contributed by atoms with Gasteiger partial charge in [0.15, 0.2) is 5.84 Å². The van der Waals surface area contributed by atoms with Gasteiger partial charge in [0.05, 0.1) is 6.04 Å². The van der Waals surface area contributed by atoms with Crippen LogP contribution in [0.1, 0.15) is 12.8 Å². The van der Waals surface area contributed by atoms with Crippen LogP contribution in [0, 0.1) is 0 Å². The summed E-state index contributed by atoms with van der Waals surface area (Å²) in [6, 6.07) is -0.353. The molecule has 0 aromatic heterocycles. The first-order valence-electron chi connectivity index (χ1n) is 4.53. The summed E-state index contributed by atoms with van der Waals surface area (Å²) in [4.78, 5) is 14.7. The number of amidine groups is 1. The molecule has 1 rings (SSSR count). The van der Waals surface area contributed by atoms with E-state index in [1.807, 2.05) is 0 Å². The molecule has 1 aliphatic rings. The maximum absolute atomic E-state index is 11.6. The number of carbonyl (C=O) groups is 1. The Labute approximate surface area is 83.0 Å². The number of amides is 2. The van der Waals surface area contributed by atoms with E-state index in [9.17, 15) is 4.79 Å². The molecule has 6 nitrogen and oxygen atoms in total. The SMILES string of the molecule is CN(C)C(=O)N1CCCC1C(N)=NO. The Hall–Kier alpha value is -1.46. The van der Waals surface area contributed by atoms with Crippen molar-refractivity contribution in [2.24, 2.45) is 10.9 Å². The molecule has 0 spiro atoms. The van der Waals surface area contributed by atoms with Crippen molar-refractivity contribution in [1.82, 2.24) is 9.80 Å². The molecule has 0 radical (unpaired) electrons. The van der Waals surface area contributed by atoms with Crippen molar-refractivity contribution in [3.8, 4) is 0 Å². The van der Waals surface area contributed by atoms with Gasteiger partial charge in [0.25, 0.3) is 0 Å². The zero-order valence-electron chi connectivity index (χ0n) is 8.47. The first-order chi connectivity index (χ1) is 6.57. The third-order valence-corrected chi connectivity index (χ3v) is 2.34. The van der Waals surface area contributed by atoms with E-state index in [1.54, 1.807) is 19.0 Å². The van der Waals surface area contributed by atoms with Gasteiger partial charge in [0, 0.05) is 20.6 Å². The van der Waals surface area contributed by atoms with Gasteiger partial charge in [0.2, 0.25) is 0 Å². The Morgan fingerprint density at radius 1 is 1.64 bits per heavy atom. The van der Waals surface area contributed by atoms with Crippen molar-refractivity contribution in [3.05, 3.63) is 0 Å². The van der Waals surface area contributed by atoms with Crippen molar-refractivity contribution in [1.29, 1.82) is 0 Å². The number of oxime groups is 1. The van der Waals surface area contributed by atoms with Gasteiger partial charge in [0.1, 0.15) is 0 Å². The minimum absolute atomic E-state index is 0.0981. The molecule has 0 aromatic rings. The molecule has 0 aromatic carbocycles. The molecular weight excluding hydrogens is 184 g/mol. The highest BCUT2D eigenvalue weighted by molar-refractivity contribution is 5.89. The normalized spacial score (nSPS) is 22.6. The van der Waals surface area contributed by atoms with Gasteiger partial charge < -0.3 is 20.7 Å². The van der Waals surface area contributed by atoms with E-state index in [0.29, 0.717) is 6.54 Å². The number of urea groups is 1. The van der Waals surface area contributed by atoms with Gasteiger partial charge in [-0.2, -0.15) is 0 Å². The number of hydrogen-bond acceptors (Lipinski definition) is 3. The number of likely N-dealkylation sites (tertiary alicyclic amines) is 1. The minimum Gasteiger partial charge on any atom is -0.409 e. The molecule has 14 heavy (non-hydrogen) atoms. The summed E-state index contributed by atoms with van der Waals surface area (Å²) < 4.78 is 0. The van der Waals surface area contributed by atoms with Crippen LogP contribution in [0.3, 0.4) is 0 Å². The fraction of sp³-hybridized carbons (Fsp3) is 0.750. The summed E-state index contributed by atoms with van der Waals surface area (Å²) in [5.74, 6) is 0.109. The molecule has 1 aliphatic heterocycles. The summed E-state index contributed by atoms with van der Waals surface area (Å²) in [6.45, 7) is 0.665. The van der Waals surface area contributed by atoms with Crippen molar-refractivity contribution in [2.45, 2.75) is 18.9 Å². The van der Waals surface area contributed by atoms with Gasteiger partial charge in [-0.15, -0.1) is 0 Å². The Bertz CT molecular complexity index is 252. The summed E-state index contributed by atoms with van der Waals surface area (Å²) in [5.41, 5.74) is 5.49. The molecule has 80 valence electrons. The zero-order valence-corrected chi connectivity index (χ0v) is 8.47. The van der Waals surface area contributed by atoms with Gasteiger partial charge in [-0.3, -0.25) is 0 Å². The van der Waals surface area contributed by atoms with Crippen molar-refractivity contribution in [2.75, 3.05) is 20.6 Å². The zero-order chi connectivity index (χ0) is 10.7. The van der Waals surface area contributed by atoms with Crippen LogP contribution >= 0.6 is 0 Å². The first kappa shape index (κ1) is 10.6. The second kappa shape index (κ2) is 4.17. The van der Waals surface area contributed by atoms with Gasteiger partial charge in [-0.25, -0.2) is 4.79 Å². The summed E-state index contributed by atoms with van der Waals surface area (Å²) >= 11 is 0. The van der Waals surface area contributed by atoms with Crippen molar-refractivity contribution in [3.63, 3.8) is 0 Å². The molecule has 6 heteroatoms. The summed E-state index contributed by atoms with van der Waals surface area (Å²) in [5, 5.41) is 11.5. The van der Waals surface area contributed by atoms with Crippen LogP contribution in [0.4, 0.5) is 4.79 Å². The number of hydrogen-bond donors (Lipinski definition) is 2. The molecule has 0 bridgehead atoms. The topological polar surface area (TPSA) is 82.2 Å². The van der Waals surface area contributed by atoms with Crippen LogP contribution in [0.15, 0.2) is 5.16 Å². The standard InChI is InChI=1S/C8H16N4O2/c1-11(2)8(13)12-5-3-4-6(12)7(9)10-14/h6,14H,3-5H2,1-2H3,(H2,9,10). The second-order valence-corrected chi connectivity index (χ2v) is 3.55. The number of carbonyl (C=O) groups excluding carboxylic acids is 1. The average molecular weight is 200 g/mol. The Morgan fingerprint density at radius 2 is 2.29 bits per heavy atom. The van der Waals surface area contributed by atoms with Gasteiger partial charge in [-0.1, -0.05) is 5.16 Å². The highest BCUT2D eigenvalue weighted by atomic mass is 16.4. The maximum atomic E-state index is 11.6. The van der Waals surface area contributed by atoms with Crippen LogP contribution in [0.25, 0.3) is 0 Å². The molecule has 3 N–H and O–H groups in total. The Kier molecular flexibility index (Phi) is 3.16. The fourth-order valence-electron chi connectivity index (χ4n) is 1.63. The maximum Gasteiger partial charge on any atom is 0.320 e.